The monoisotopic (exact) mass is 469 g/mol. The third kappa shape index (κ3) is 6.08. The number of oxime groups is 1. The largest absolute Gasteiger partial charge is 0.391 e. The second kappa shape index (κ2) is 10.4. The van der Waals surface area contributed by atoms with Crippen LogP contribution in [0.2, 0.25) is 5.02 Å². The maximum Gasteiger partial charge on any atom is 0.319 e. The number of hydrogen-bond acceptors (Lipinski definition) is 3. The Bertz CT molecular complexity index is 1140. The van der Waals surface area contributed by atoms with E-state index in [-0.39, 0.29) is 18.7 Å². The minimum atomic E-state index is -0.707. The second-order valence-corrected chi connectivity index (χ2v) is 8.12. The molecule has 170 valence electrons. The lowest BCUT2D eigenvalue weighted by Crippen LogP contribution is -2.28. The van der Waals surface area contributed by atoms with Crippen LogP contribution in [0.1, 0.15) is 29.5 Å². The fourth-order valence-electron chi connectivity index (χ4n) is 3.28. The van der Waals surface area contributed by atoms with E-state index >= 15 is 0 Å². The summed E-state index contributed by atoms with van der Waals surface area (Å²) in [7, 11) is 0. The van der Waals surface area contributed by atoms with Crippen molar-refractivity contribution in [3.8, 4) is 0 Å². The first-order valence-electron chi connectivity index (χ1n) is 10.5. The van der Waals surface area contributed by atoms with Gasteiger partial charge >= 0.3 is 6.03 Å². The summed E-state index contributed by atoms with van der Waals surface area (Å²) in [4.78, 5) is 17.6. The Balaban J connectivity index is 1.30. The van der Waals surface area contributed by atoms with Crippen LogP contribution in [0.15, 0.2) is 71.9 Å². The molecule has 2 N–H and O–H groups in total. The number of rotatable bonds is 8. The van der Waals surface area contributed by atoms with E-state index in [2.05, 4.69) is 15.8 Å². The fourth-order valence-corrected chi connectivity index (χ4v) is 3.51. The number of hydrogen-bond donors (Lipinski definition) is 2. The number of carbonyl (C=O) groups excluding carboxylic acids is 1. The first-order valence-corrected chi connectivity index (χ1v) is 10.9. The molecule has 33 heavy (non-hydrogen) atoms. The van der Waals surface area contributed by atoms with Gasteiger partial charge in [-0.2, -0.15) is 0 Å². The molecule has 0 bridgehead atoms. The number of urea groups is 1. The summed E-state index contributed by atoms with van der Waals surface area (Å²) in [6.07, 6.45) is 2.14. The Hall–Kier alpha value is -3.45. The van der Waals surface area contributed by atoms with Crippen molar-refractivity contribution >= 4 is 29.0 Å². The average Bonchev–Trinajstić information content (AvgIpc) is 3.64. The smallest absolute Gasteiger partial charge is 0.319 e. The van der Waals surface area contributed by atoms with Crippen molar-refractivity contribution in [3.05, 3.63) is 100 Å². The number of nitrogens with zero attached hydrogens (tertiary/aromatic N) is 1. The molecule has 3 aromatic carbocycles. The molecule has 4 rings (SSSR count). The third-order valence-corrected chi connectivity index (χ3v) is 5.54. The normalized spacial score (nSPS) is 13.5. The molecule has 0 atom stereocenters. The van der Waals surface area contributed by atoms with Gasteiger partial charge in [0.05, 0.1) is 12.3 Å². The second-order valence-electron chi connectivity index (χ2n) is 7.71. The van der Waals surface area contributed by atoms with E-state index < -0.39 is 17.7 Å². The molecule has 5 nitrogen and oxygen atoms in total. The van der Waals surface area contributed by atoms with Gasteiger partial charge in [0.15, 0.2) is 0 Å². The average molecular weight is 470 g/mol. The molecule has 2 amide bonds. The van der Waals surface area contributed by atoms with Crippen molar-refractivity contribution in [2.24, 2.45) is 11.1 Å². The van der Waals surface area contributed by atoms with E-state index in [4.69, 9.17) is 16.4 Å². The van der Waals surface area contributed by atoms with E-state index in [1.807, 2.05) is 24.3 Å². The predicted molar refractivity (Wildman–Crippen MR) is 124 cm³/mol. The molecule has 1 fully saturated rings. The van der Waals surface area contributed by atoms with Crippen LogP contribution in [0.25, 0.3) is 0 Å². The summed E-state index contributed by atoms with van der Waals surface area (Å²) >= 11 is 6.31. The van der Waals surface area contributed by atoms with Crippen molar-refractivity contribution in [1.82, 2.24) is 5.32 Å². The summed E-state index contributed by atoms with van der Waals surface area (Å²) in [6.45, 7) is 0.00271. The van der Waals surface area contributed by atoms with E-state index in [1.54, 1.807) is 24.3 Å². The number of halogens is 3. The van der Waals surface area contributed by atoms with Gasteiger partial charge in [-0.15, -0.1) is 0 Å². The van der Waals surface area contributed by atoms with Gasteiger partial charge in [-0.3, -0.25) is 0 Å². The molecule has 1 aliphatic rings. The molecule has 0 spiro atoms. The Morgan fingerprint density at radius 1 is 1.00 bits per heavy atom. The molecule has 0 heterocycles. The van der Waals surface area contributed by atoms with Crippen molar-refractivity contribution in [2.75, 3.05) is 5.32 Å². The van der Waals surface area contributed by atoms with Gasteiger partial charge in [-0.1, -0.05) is 53.2 Å². The molecule has 1 aliphatic carbocycles. The first-order chi connectivity index (χ1) is 16.0. The highest BCUT2D eigenvalue weighted by Crippen LogP contribution is 2.35. The van der Waals surface area contributed by atoms with E-state index in [0.29, 0.717) is 16.6 Å². The molecule has 1 saturated carbocycles. The Labute approximate surface area is 195 Å². The molecule has 0 aromatic heterocycles. The van der Waals surface area contributed by atoms with Crippen molar-refractivity contribution < 1.29 is 18.4 Å². The zero-order valence-electron chi connectivity index (χ0n) is 17.7. The lowest BCUT2D eigenvalue weighted by Gasteiger charge is -2.10. The molecular weight excluding hydrogens is 448 g/mol. The first kappa shape index (κ1) is 22.7. The lowest BCUT2D eigenvalue weighted by molar-refractivity contribution is 0.130. The zero-order chi connectivity index (χ0) is 23.2. The van der Waals surface area contributed by atoms with Crippen molar-refractivity contribution in [1.29, 1.82) is 0 Å². The lowest BCUT2D eigenvalue weighted by atomic mass is 10.1. The Morgan fingerprint density at radius 2 is 1.70 bits per heavy atom. The van der Waals surface area contributed by atoms with Crippen LogP contribution in [0.4, 0.5) is 19.3 Å². The topological polar surface area (TPSA) is 62.7 Å². The molecule has 0 radical (unpaired) electrons. The Kier molecular flexibility index (Phi) is 7.19. The van der Waals surface area contributed by atoms with Gasteiger partial charge in [0.1, 0.15) is 18.2 Å². The summed E-state index contributed by atoms with van der Waals surface area (Å²) < 4.78 is 27.3. The van der Waals surface area contributed by atoms with Crippen molar-refractivity contribution in [2.45, 2.75) is 26.0 Å². The van der Waals surface area contributed by atoms with Gasteiger partial charge < -0.3 is 15.5 Å². The quantitative estimate of drug-likeness (QED) is 0.301. The number of anilines is 1. The summed E-state index contributed by atoms with van der Waals surface area (Å²) in [5.41, 5.74) is 2.96. The number of nitrogens with one attached hydrogen (secondary N) is 2. The van der Waals surface area contributed by atoms with Crippen molar-refractivity contribution in [3.63, 3.8) is 0 Å². The van der Waals surface area contributed by atoms with Gasteiger partial charge in [-0.25, -0.2) is 13.6 Å². The maximum atomic E-state index is 13.6. The highest BCUT2D eigenvalue weighted by atomic mass is 35.5. The SMILES string of the molecule is O=C(NCc1c(F)cccc1F)Nc1ccc(CON=C(c2ccccc2Cl)C2CC2)cc1. The van der Waals surface area contributed by atoms with Crippen LogP contribution in [0.5, 0.6) is 0 Å². The Morgan fingerprint density at radius 3 is 2.36 bits per heavy atom. The van der Waals surface area contributed by atoms with Crippen LogP contribution in [-0.4, -0.2) is 11.7 Å². The molecule has 8 heteroatoms. The number of carbonyl (C=O) groups is 1. The third-order valence-electron chi connectivity index (χ3n) is 5.21. The van der Waals surface area contributed by atoms with Gasteiger partial charge in [-0.05, 0) is 48.7 Å². The number of benzene rings is 3. The highest BCUT2D eigenvalue weighted by molar-refractivity contribution is 6.34. The van der Waals surface area contributed by atoms with E-state index in [0.717, 1.165) is 41.8 Å². The predicted octanol–water partition coefficient (Wildman–Crippen LogP) is 6.27. The van der Waals surface area contributed by atoms with Crippen LogP contribution in [0, 0.1) is 17.6 Å². The van der Waals surface area contributed by atoms with Crippen LogP contribution >= 0.6 is 11.6 Å². The van der Waals surface area contributed by atoms with E-state index in [1.165, 1.54) is 6.07 Å². The van der Waals surface area contributed by atoms with Crippen LogP contribution in [-0.2, 0) is 18.0 Å². The van der Waals surface area contributed by atoms with Crippen LogP contribution in [0.3, 0.4) is 0 Å². The molecule has 3 aromatic rings. The van der Waals surface area contributed by atoms with E-state index in [9.17, 15) is 13.6 Å². The maximum absolute atomic E-state index is 13.6. The standard InChI is InChI=1S/C25H22ClF2N3O2/c26-21-5-2-1-4-19(21)24(17-10-11-17)31-33-15-16-8-12-18(13-9-16)30-25(32)29-14-20-22(27)6-3-7-23(20)28/h1-9,12-13,17H,10-11,14-15H2,(H2,29,30,32). The minimum Gasteiger partial charge on any atom is -0.391 e. The summed E-state index contributed by atoms with van der Waals surface area (Å²) in [5.74, 6) is -1.05. The fraction of sp³-hybridized carbons (Fsp3) is 0.200. The van der Waals surface area contributed by atoms with Gasteiger partial charge in [0.25, 0.3) is 0 Å². The molecular formula is C25H22ClF2N3O2. The van der Waals surface area contributed by atoms with Gasteiger partial charge in [0.2, 0.25) is 0 Å². The zero-order valence-corrected chi connectivity index (χ0v) is 18.4. The highest BCUT2D eigenvalue weighted by Gasteiger charge is 2.30. The minimum absolute atomic E-state index is 0.192. The molecule has 0 aliphatic heterocycles. The summed E-state index contributed by atoms with van der Waals surface area (Å²) in [5, 5.41) is 10.1. The molecule has 0 unspecified atom stereocenters. The van der Waals surface area contributed by atoms with Crippen LogP contribution < -0.4 is 10.6 Å². The molecule has 0 saturated heterocycles. The summed E-state index contributed by atoms with van der Waals surface area (Å²) in [6, 6.07) is 17.6. The van der Waals surface area contributed by atoms with Gasteiger partial charge in [0, 0.05) is 27.8 Å². The number of amides is 2.